The average molecular weight is 201 g/mol. The molecular weight excluding hydrogens is 186 g/mol. The molecule has 0 aromatic heterocycles. The predicted molar refractivity (Wildman–Crippen MR) is 48.2 cm³/mol. The first-order valence-corrected chi connectivity index (χ1v) is 4.31. The molecule has 80 valence electrons. The van der Waals surface area contributed by atoms with Gasteiger partial charge in [-0.05, 0) is 6.92 Å². The van der Waals surface area contributed by atoms with Crippen molar-refractivity contribution in [3.63, 3.8) is 0 Å². The zero-order chi connectivity index (χ0) is 11.0. The third-order valence-electron chi connectivity index (χ3n) is 1.68. The Morgan fingerprint density at radius 2 is 2.00 bits per heavy atom. The maximum atomic E-state index is 11.2. The van der Waals surface area contributed by atoms with Crippen LogP contribution >= 0.6 is 0 Å². The molecule has 0 aliphatic carbocycles. The Hall–Kier alpha value is -1.12. The molecule has 0 unspecified atom stereocenters. The van der Waals surface area contributed by atoms with Gasteiger partial charge in [-0.3, -0.25) is 4.79 Å². The quantitative estimate of drug-likeness (QED) is 0.467. The minimum absolute atomic E-state index is 0.183. The number of methoxy groups -OCH3 is 2. The summed E-state index contributed by atoms with van der Waals surface area (Å²) in [6.45, 7) is 1.96. The molecule has 1 atom stereocenters. The summed E-state index contributed by atoms with van der Waals surface area (Å²) in [4.78, 5) is 11.2. The second kappa shape index (κ2) is 7.30. The number of nitriles is 1. The molecule has 5 nitrogen and oxygen atoms in total. The molecule has 0 saturated carbocycles. The van der Waals surface area contributed by atoms with Gasteiger partial charge in [-0.2, -0.15) is 5.26 Å². The molecule has 0 aromatic carbocycles. The number of esters is 1. The van der Waals surface area contributed by atoms with Crippen LogP contribution in [0.3, 0.4) is 0 Å². The predicted octanol–water partition coefficient (Wildman–Crippen LogP) is 0.698. The van der Waals surface area contributed by atoms with Gasteiger partial charge >= 0.3 is 5.97 Å². The molecule has 5 heteroatoms. The normalized spacial score (nSPS) is 12.2. The van der Waals surface area contributed by atoms with Crippen molar-refractivity contribution >= 4 is 5.97 Å². The molecule has 0 aromatic rings. The molecule has 0 bridgehead atoms. The Labute approximate surface area is 83.6 Å². The van der Waals surface area contributed by atoms with Crippen molar-refractivity contribution < 1.29 is 19.0 Å². The zero-order valence-corrected chi connectivity index (χ0v) is 8.65. The van der Waals surface area contributed by atoms with Crippen molar-refractivity contribution in [3.05, 3.63) is 0 Å². The fourth-order valence-electron chi connectivity index (χ4n) is 0.926. The van der Waals surface area contributed by atoms with Crippen LogP contribution in [0.15, 0.2) is 0 Å². The van der Waals surface area contributed by atoms with Gasteiger partial charge in [0.05, 0.1) is 12.7 Å². The van der Waals surface area contributed by atoms with E-state index in [1.165, 1.54) is 14.2 Å². The Morgan fingerprint density at radius 1 is 1.43 bits per heavy atom. The molecule has 0 saturated heterocycles. The van der Waals surface area contributed by atoms with Crippen molar-refractivity contribution in [2.75, 3.05) is 20.8 Å². The number of rotatable bonds is 6. The van der Waals surface area contributed by atoms with Gasteiger partial charge in [0.2, 0.25) is 0 Å². The maximum absolute atomic E-state index is 11.2. The minimum atomic E-state index is -0.833. The maximum Gasteiger partial charge on any atom is 0.323 e. The molecule has 0 rings (SSSR count). The number of hydrogen-bond donors (Lipinski definition) is 0. The van der Waals surface area contributed by atoms with Gasteiger partial charge in [-0.15, -0.1) is 0 Å². The average Bonchev–Trinajstić information content (AvgIpc) is 2.20. The van der Waals surface area contributed by atoms with E-state index in [2.05, 4.69) is 0 Å². The summed E-state index contributed by atoms with van der Waals surface area (Å²) in [5.74, 6) is -1.37. The van der Waals surface area contributed by atoms with Crippen LogP contribution in [0, 0.1) is 17.2 Å². The molecule has 0 spiro atoms. The molecule has 0 amide bonds. The van der Waals surface area contributed by atoms with E-state index >= 15 is 0 Å². The minimum Gasteiger partial charge on any atom is -0.465 e. The largest absolute Gasteiger partial charge is 0.465 e. The van der Waals surface area contributed by atoms with Crippen LogP contribution < -0.4 is 0 Å². The standard InChI is InChI=1S/C9H15NO4/c1-4-14-9(11)7(6-10)5-8(12-2)13-3/h7-8H,4-5H2,1-3H3/t7-/m0/s1. The smallest absolute Gasteiger partial charge is 0.323 e. The lowest BCUT2D eigenvalue weighted by atomic mass is 10.1. The van der Waals surface area contributed by atoms with Crippen LogP contribution in [0.4, 0.5) is 0 Å². The van der Waals surface area contributed by atoms with E-state index in [0.29, 0.717) is 0 Å². The number of nitrogens with zero attached hydrogens (tertiary/aromatic N) is 1. The number of hydrogen-bond acceptors (Lipinski definition) is 5. The van der Waals surface area contributed by atoms with Crippen LogP contribution in [0.2, 0.25) is 0 Å². The highest BCUT2D eigenvalue weighted by Gasteiger charge is 2.23. The Bertz CT molecular complexity index is 207. The van der Waals surface area contributed by atoms with Crippen molar-refractivity contribution in [2.24, 2.45) is 5.92 Å². The van der Waals surface area contributed by atoms with E-state index in [1.807, 2.05) is 6.07 Å². The highest BCUT2D eigenvalue weighted by Crippen LogP contribution is 2.10. The van der Waals surface area contributed by atoms with Crippen LogP contribution in [-0.2, 0) is 19.0 Å². The van der Waals surface area contributed by atoms with Gasteiger partial charge in [0.1, 0.15) is 5.92 Å². The third kappa shape index (κ3) is 4.21. The van der Waals surface area contributed by atoms with E-state index in [-0.39, 0.29) is 13.0 Å². The Kier molecular flexibility index (Phi) is 6.72. The molecule has 0 heterocycles. The molecule has 0 fully saturated rings. The first kappa shape index (κ1) is 12.9. The van der Waals surface area contributed by atoms with Gasteiger partial charge in [0.25, 0.3) is 0 Å². The topological polar surface area (TPSA) is 68.6 Å². The highest BCUT2D eigenvalue weighted by molar-refractivity contribution is 5.75. The third-order valence-corrected chi connectivity index (χ3v) is 1.68. The molecule has 14 heavy (non-hydrogen) atoms. The Morgan fingerprint density at radius 3 is 2.36 bits per heavy atom. The summed E-state index contributed by atoms with van der Waals surface area (Å²) in [7, 11) is 2.90. The lowest BCUT2D eigenvalue weighted by molar-refractivity contribution is -0.153. The summed E-state index contributed by atoms with van der Waals surface area (Å²) in [6, 6.07) is 1.85. The van der Waals surface area contributed by atoms with E-state index in [9.17, 15) is 4.79 Å². The zero-order valence-electron chi connectivity index (χ0n) is 8.65. The van der Waals surface area contributed by atoms with Gasteiger partial charge < -0.3 is 14.2 Å². The lowest BCUT2D eigenvalue weighted by Crippen LogP contribution is -2.24. The molecule has 0 N–H and O–H groups in total. The van der Waals surface area contributed by atoms with Gasteiger partial charge in [0, 0.05) is 20.6 Å². The molecule has 0 aliphatic heterocycles. The van der Waals surface area contributed by atoms with E-state index < -0.39 is 18.2 Å². The highest BCUT2D eigenvalue weighted by atomic mass is 16.7. The molecule has 0 radical (unpaired) electrons. The Balaban J connectivity index is 4.15. The van der Waals surface area contributed by atoms with Crippen LogP contribution in [0.5, 0.6) is 0 Å². The van der Waals surface area contributed by atoms with Crippen LogP contribution in [0.1, 0.15) is 13.3 Å². The van der Waals surface area contributed by atoms with Crippen molar-refractivity contribution in [1.29, 1.82) is 5.26 Å². The van der Waals surface area contributed by atoms with Crippen LogP contribution in [0.25, 0.3) is 0 Å². The van der Waals surface area contributed by atoms with E-state index in [1.54, 1.807) is 6.92 Å². The van der Waals surface area contributed by atoms with Crippen molar-refractivity contribution in [3.8, 4) is 6.07 Å². The second-order valence-corrected chi connectivity index (χ2v) is 2.57. The van der Waals surface area contributed by atoms with Crippen molar-refractivity contribution in [1.82, 2.24) is 0 Å². The van der Waals surface area contributed by atoms with Gasteiger partial charge in [-0.25, -0.2) is 0 Å². The monoisotopic (exact) mass is 201 g/mol. The van der Waals surface area contributed by atoms with Gasteiger partial charge in [0.15, 0.2) is 6.29 Å². The lowest BCUT2D eigenvalue weighted by Gasteiger charge is -2.15. The van der Waals surface area contributed by atoms with Gasteiger partial charge in [-0.1, -0.05) is 0 Å². The summed E-state index contributed by atoms with van der Waals surface area (Å²) in [5, 5.41) is 8.70. The molecular formula is C9H15NO4. The number of carbonyl (C=O) groups is 1. The van der Waals surface area contributed by atoms with E-state index in [0.717, 1.165) is 0 Å². The summed E-state index contributed by atoms with van der Waals surface area (Å²) < 4.78 is 14.5. The van der Waals surface area contributed by atoms with E-state index in [4.69, 9.17) is 19.5 Å². The second-order valence-electron chi connectivity index (χ2n) is 2.57. The summed E-state index contributed by atoms with van der Waals surface area (Å²) in [5.41, 5.74) is 0. The first-order valence-electron chi connectivity index (χ1n) is 4.31. The fourth-order valence-corrected chi connectivity index (χ4v) is 0.926. The number of carbonyl (C=O) groups excluding carboxylic acids is 1. The fraction of sp³-hybridized carbons (Fsp3) is 0.778. The van der Waals surface area contributed by atoms with Crippen molar-refractivity contribution in [2.45, 2.75) is 19.6 Å². The molecule has 0 aliphatic rings. The summed E-state index contributed by atoms with van der Waals surface area (Å²) in [6.07, 6.45) is -0.369. The SMILES string of the molecule is CCOC(=O)[C@H](C#N)CC(OC)OC. The summed E-state index contributed by atoms with van der Waals surface area (Å²) >= 11 is 0. The number of ether oxygens (including phenoxy) is 3. The van der Waals surface area contributed by atoms with Crippen LogP contribution in [-0.4, -0.2) is 33.1 Å². The first-order chi connectivity index (χ1) is 6.69.